The first-order valence-electron chi connectivity index (χ1n) is 7.49. The maximum atomic E-state index is 11.9. The summed E-state index contributed by atoms with van der Waals surface area (Å²) in [6.07, 6.45) is 2.74. The first-order chi connectivity index (χ1) is 10.2. The van der Waals surface area contributed by atoms with Gasteiger partial charge in [-0.25, -0.2) is 4.79 Å². The lowest BCUT2D eigenvalue weighted by Crippen LogP contribution is -2.39. The van der Waals surface area contributed by atoms with Crippen molar-refractivity contribution >= 4 is 6.03 Å². The highest BCUT2D eigenvalue weighted by Gasteiger charge is 2.25. The van der Waals surface area contributed by atoms with E-state index in [2.05, 4.69) is 5.32 Å². The number of benzene rings is 1. The monoisotopic (exact) mass is 292 g/mol. The molecular weight excluding hydrogens is 268 g/mol. The normalized spacial score (nSPS) is 17.8. The fourth-order valence-corrected chi connectivity index (χ4v) is 2.56. The van der Waals surface area contributed by atoms with Gasteiger partial charge in [0.1, 0.15) is 5.75 Å². The molecule has 1 aromatic rings. The molecule has 1 atom stereocenters. The van der Waals surface area contributed by atoms with E-state index in [1.165, 1.54) is 5.56 Å². The fourth-order valence-electron chi connectivity index (χ4n) is 2.56. The summed E-state index contributed by atoms with van der Waals surface area (Å²) < 4.78 is 5.12. The number of aryl methyl sites for hydroxylation is 1. The predicted molar refractivity (Wildman–Crippen MR) is 81.5 cm³/mol. The van der Waals surface area contributed by atoms with Gasteiger partial charge in [0.25, 0.3) is 0 Å². The summed E-state index contributed by atoms with van der Waals surface area (Å²) in [6.45, 7) is 2.25. The molecule has 1 fully saturated rings. The van der Waals surface area contributed by atoms with Crippen LogP contribution in [0.3, 0.4) is 0 Å². The minimum absolute atomic E-state index is 0.0133. The van der Waals surface area contributed by atoms with Crippen molar-refractivity contribution in [3.8, 4) is 5.75 Å². The second-order valence-corrected chi connectivity index (χ2v) is 5.47. The maximum Gasteiger partial charge on any atom is 0.317 e. The zero-order valence-electron chi connectivity index (χ0n) is 12.5. The number of hydrogen-bond acceptors (Lipinski definition) is 3. The molecule has 2 amide bonds. The fraction of sp³-hybridized carbons (Fsp3) is 0.562. The van der Waals surface area contributed by atoms with Crippen molar-refractivity contribution in [2.75, 3.05) is 33.4 Å². The predicted octanol–water partition coefficient (Wildman–Crippen LogP) is 1.65. The van der Waals surface area contributed by atoms with Gasteiger partial charge in [0, 0.05) is 32.2 Å². The number of carbonyl (C=O) groups excluding carboxylic acids is 1. The van der Waals surface area contributed by atoms with Gasteiger partial charge in [-0.15, -0.1) is 0 Å². The average molecular weight is 292 g/mol. The van der Waals surface area contributed by atoms with Crippen LogP contribution in [0.5, 0.6) is 5.75 Å². The molecule has 0 spiro atoms. The SMILES string of the molecule is COc1ccc(CCCNC(=O)N2CCC(CO)C2)cc1. The lowest BCUT2D eigenvalue weighted by atomic mass is 10.1. The van der Waals surface area contributed by atoms with E-state index >= 15 is 0 Å². The molecule has 0 aromatic heterocycles. The van der Waals surface area contributed by atoms with Gasteiger partial charge in [0.15, 0.2) is 0 Å². The van der Waals surface area contributed by atoms with Gasteiger partial charge in [-0.3, -0.25) is 0 Å². The largest absolute Gasteiger partial charge is 0.497 e. The highest BCUT2D eigenvalue weighted by Crippen LogP contribution is 2.15. The molecule has 5 heteroatoms. The third-order valence-corrected chi connectivity index (χ3v) is 3.91. The number of aliphatic hydroxyl groups excluding tert-OH is 1. The number of amides is 2. The number of nitrogens with zero attached hydrogens (tertiary/aromatic N) is 1. The highest BCUT2D eigenvalue weighted by molar-refractivity contribution is 5.74. The number of hydrogen-bond donors (Lipinski definition) is 2. The van der Waals surface area contributed by atoms with Crippen LogP contribution < -0.4 is 10.1 Å². The number of rotatable bonds is 6. The summed E-state index contributed by atoms with van der Waals surface area (Å²) in [5.41, 5.74) is 1.24. The second kappa shape index (κ2) is 7.88. The van der Waals surface area contributed by atoms with Crippen LogP contribution in [0.25, 0.3) is 0 Å². The van der Waals surface area contributed by atoms with Crippen molar-refractivity contribution < 1.29 is 14.6 Å². The molecular formula is C16H24N2O3. The van der Waals surface area contributed by atoms with Crippen molar-refractivity contribution in [2.24, 2.45) is 5.92 Å². The molecule has 0 radical (unpaired) electrons. The number of aliphatic hydroxyl groups is 1. The van der Waals surface area contributed by atoms with Crippen molar-refractivity contribution in [3.05, 3.63) is 29.8 Å². The molecule has 0 aliphatic carbocycles. The Morgan fingerprint density at radius 1 is 1.43 bits per heavy atom. The Morgan fingerprint density at radius 2 is 2.19 bits per heavy atom. The van der Waals surface area contributed by atoms with Gasteiger partial charge in [-0.2, -0.15) is 0 Å². The van der Waals surface area contributed by atoms with Crippen LogP contribution in [0.1, 0.15) is 18.4 Å². The third-order valence-electron chi connectivity index (χ3n) is 3.91. The lowest BCUT2D eigenvalue weighted by molar-refractivity contribution is 0.198. The Kier molecular flexibility index (Phi) is 5.87. The van der Waals surface area contributed by atoms with Crippen molar-refractivity contribution in [1.29, 1.82) is 0 Å². The first-order valence-corrected chi connectivity index (χ1v) is 7.49. The number of methoxy groups -OCH3 is 1. The highest BCUT2D eigenvalue weighted by atomic mass is 16.5. The maximum absolute atomic E-state index is 11.9. The van der Waals surface area contributed by atoms with Gasteiger partial charge in [0.05, 0.1) is 7.11 Å². The van der Waals surface area contributed by atoms with E-state index in [0.29, 0.717) is 13.1 Å². The molecule has 21 heavy (non-hydrogen) atoms. The summed E-state index contributed by atoms with van der Waals surface area (Å²) >= 11 is 0. The minimum Gasteiger partial charge on any atom is -0.497 e. The quantitative estimate of drug-likeness (QED) is 0.784. The first kappa shape index (κ1) is 15.6. The van der Waals surface area contributed by atoms with Gasteiger partial charge in [0.2, 0.25) is 0 Å². The van der Waals surface area contributed by atoms with E-state index in [4.69, 9.17) is 9.84 Å². The zero-order chi connectivity index (χ0) is 15.1. The Labute approximate surface area is 125 Å². The molecule has 1 heterocycles. The van der Waals surface area contributed by atoms with E-state index in [0.717, 1.165) is 31.6 Å². The van der Waals surface area contributed by atoms with Gasteiger partial charge < -0.3 is 20.1 Å². The molecule has 2 rings (SSSR count). The summed E-state index contributed by atoms with van der Waals surface area (Å²) in [4.78, 5) is 13.7. The van der Waals surface area contributed by atoms with E-state index in [1.54, 1.807) is 12.0 Å². The van der Waals surface area contributed by atoms with Crippen LogP contribution in [0, 0.1) is 5.92 Å². The smallest absolute Gasteiger partial charge is 0.317 e. The van der Waals surface area contributed by atoms with Gasteiger partial charge >= 0.3 is 6.03 Å². The lowest BCUT2D eigenvalue weighted by Gasteiger charge is -2.17. The molecule has 5 nitrogen and oxygen atoms in total. The number of urea groups is 1. The summed E-state index contributed by atoms with van der Waals surface area (Å²) in [7, 11) is 1.66. The van der Waals surface area contributed by atoms with Crippen molar-refractivity contribution in [3.63, 3.8) is 0 Å². The number of carbonyl (C=O) groups is 1. The standard InChI is InChI=1S/C16H24N2O3/c1-21-15-6-4-13(5-7-15)3-2-9-17-16(20)18-10-8-14(11-18)12-19/h4-7,14,19H,2-3,8-12H2,1H3,(H,17,20). The number of ether oxygens (including phenoxy) is 1. The number of nitrogens with one attached hydrogen (secondary N) is 1. The van der Waals surface area contributed by atoms with E-state index in [9.17, 15) is 4.79 Å². The molecule has 1 aliphatic heterocycles. The van der Waals surface area contributed by atoms with Crippen molar-refractivity contribution in [1.82, 2.24) is 10.2 Å². The summed E-state index contributed by atoms with van der Waals surface area (Å²) in [5.74, 6) is 1.11. The van der Waals surface area contributed by atoms with E-state index in [-0.39, 0.29) is 18.6 Å². The van der Waals surface area contributed by atoms with E-state index < -0.39 is 0 Å². The zero-order valence-corrected chi connectivity index (χ0v) is 12.5. The summed E-state index contributed by atoms with van der Waals surface area (Å²) in [6, 6.07) is 7.99. The van der Waals surface area contributed by atoms with Gasteiger partial charge in [-0.05, 0) is 37.0 Å². The Hall–Kier alpha value is -1.75. The summed E-state index contributed by atoms with van der Waals surface area (Å²) in [5, 5.41) is 12.0. The minimum atomic E-state index is -0.0133. The molecule has 1 aromatic carbocycles. The molecule has 1 aliphatic rings. The second-order valence-electron chi connectivity index (χ2n) is 5.47. The van der Waals surface area contributed by atoms with Gasteiger partial charge in [-0.1, -0.05) is 12.1 Å². The molecule has 1 unspecified atom stereocenters. The molecule has 0 bridgehead atoms. The van der Waals surface area contributed by atoms with Crippen LogP contribution in [-0.4, -0.2) is 49.4 Å². The van der Waals surface area contributed by atoms with Crippen LogP contribution in [0.2, 0.25) is 0 Å². The van der Waals surface area contributed by atoms with Crippen LogP contribution in [0.4, 0.5) is 4.79 Å². The van der Waals surface area contributed by atoms with E-state index in [1.807, 2.05) is 24.3 Å². The average Bonchev–Trinajstić information content (AvgIpc) is 3.01. The molecule has 2 N–H and O–H groups in total. The van der Waals surface area contributed by atoms with Crippen molar-refractivity contribution in [2.45, 2.75) is 19.3 Å². The van der Waals surface area contributed by atoms with Crippen LogP contribution in [0.15, 0.2) is 24.3 Å². The third kappa shape index (κ3) is 4.63. The van der Waals surface area contributed by atoms with Crippen LogP contribution in [-0.2, 0) is 6.42 Å². The number of likely N-dealkylation sites (tertiary alicyclic amines) is 1. The van der Waals surface area contributed by atoms with Crippen LogP contribution >= 0.6 is 0 Å². The molecule has 1 saturated heterocycles. The Balaban J connectivity index is 1.64. The topological polar surface area (TPSA) is 61.8 Å². The molecule has 116 valence electrons. The Bertz CT molecular complexity index is 447. The Morgan fingerprint density at radius 3 is 2.81 bits per heavy atom. The molecule has 0 saturated carbocycles.